The van der Waals surface area contributed by atoms with Crippen LogP contribution >= 0.6 is 0 Å². The summed E-state index contributed by atoms with van der Waals surface area (Å²) in [6, 6.07) is 1.74. The zero-order chi connectivity index (χ0) is 21.1. The van der Waals surface area contributed by atoms with Crippen LogP contribution in [0.2, 0.25) is 0 Å². The lowest BCUT2D eigenvalue weighted by molar-refractivity contribution is -0.136. The number of rotatable bonds is 4. The van der Waals surface area contributed by atoms with Gasteiger partial charge in [-0.15, -0.1) is 0 Å². The van der Waals surface area contributed by atoms with Crippen LogP contribution in [0.4, 0.5) is 5.82 Å². The molecule has 3 aliphatic rings. The normalized spacial score (nSPS) is 22.8. The summed E-state index contributed by atoms with van der Waals surface area (Å²) >= 11 is 0. The van der Waals surface area contributed by atoms with E-state index in [1.54, 1.807) is 33.9 Å². The zero-order valence-corrected chi connectivity index (χ0v) is 17.1. The summed E-state index contributed by atoms with van der Waals surface area (Å²) in [4.78, 5) is 27.6. The highest BCUT2D eigenvalue weighted by molar-refractivity contribution is 6.19. The molecular weight excluding hydrogens is 374 g/mol. The molecule has 3 heterocycles. The van der Waals surface area contributed by atoms with Crippen LogP contribution in [-0.4, -0.2) is 61.3 Å². The second kappa shape index (κ2) is 6.51. The third kappa shape index (κ3) is 3.44. The van der Waals surface area contributed by atoms with Crippen molar-refractivity contribution in [2.45, 2.75) is 45.8 Å². The molecule has 1 aromatic rings. The number of nitrogens with two attached hydrogens (primary N) is 1. The second-order valence-corrected chi connectivity index (χ2v) is 8.94. The van der Waals surface area contributed by atoms with Crippen LogP contribution in [0.25, 0.3) is 0 Å². The van der Waals surface area contributed by atoms with E-state index in [1.807, 2.05) is 26.8 Å². The number of fused-ring (bicyclic) bond motifs is 1. The highest BCUT2D eigenvalue weighted by Gasteiger charge is 2.47. The molecule has 2 amide bonds. The number of amides is 2. The maximum Gasteiger partial charge on any atom is 0.270 e. The molecule has 1 fully saturated rings. The van der Waals surface area contributed by atoms with Crippen LogP contribution < -0.4 is 11.1 Å². The molecule has 4 N–H and O–H groups in total. The van der Waals surface area contributed by atoms with Crippen molar-refractivity contribution in [3.05, 3.63) is 35.6 Å². The Morgan fingerprint density at radius 2 is 2.07 bits per heavy atom. The summed E-state index contributed by atoms with van der Waals surface area (Å²) < 4.78 is 1.64. The number of hydrogen-bond donors (Lipinski definition) is 3. The standard InChI is InChI=1S/C19H27N7O3/c1-19(2,3)10-24-14-9-13(25-8-7-12(20)22-25)23(4)26(14)18(29)15(17(24)28)16(27)21-11-5-6-11/h7-9,11,13,29H,5-6,10H2,1-4H3,(H2,20,22)(H,21,27). The number of carbonyl (C=O) groups is 2. The average Bonchev–Trinajstić information content (AvgIpc) is 3.20. The first-order chi connectivity index (χ1) is 13.6. The molecule has 0 radical (unpaired) electrons. The van der Waals surface area contributed by atoms with Gasteiger partial charge in [-0.05, 0) is 24.3 Å². The van der Waals surface area contributed by atoms with Crippen molar-refractivity contribution in [3.8, 4) is 0 Å². The fourth-order valence-electron chi connectivity index (χ4n) is 3.55. The van der Waals surface area contributed by atoms with Gasteiger partial charge in [0.2, 0.25) is 5.88 Å². The Morgan fingerprint density at radius 3 is 2.62 bits per heavy atom. The van der Waals surface area contributed by atoms with Crippen LogP contribution in [-0.2, 0) is 9.59 Å². The monoisotopic (exact) mass is 401 g/mol. The summed E-state index contributed by atoms with van der Waals surface area (Å²) in [5.41, 5.74) is 5.28. The van der Waals surface area contributed by atoms with Crippen LogP contribution in [0.3, 0.4) is 0 Å². The number of hydrogen-bond acceptors (Lipinski definition) is 7. The van der Waals surface area contributed by atoms with Crippen molar-refractivity contribution >= 4 is 17.6 Å². The van der Waals surface area contributed by atoms with Crippen molar-refractivity contribution in [2.75, 3.05) is 19.3 Å². The van der Waals surface area contributed by atoms with Gasteiger partial charge in [-0.2, -0.15) is 10.1 Å². The van der Waals surface area contributed by atoms with Gasteiger partial charge in [0.25, 0.3) is 11.8 Å². The highest BCUT2D eigenvalue weighted by Crippen LogP contribution is 2.39. The quantitative estimate of drug-likeness (QED) is 0.641. The summed E-state index contributed by atoms with van der Waals surface area (Å²) in [6.07, 6.45) is 4.91. The van der Waals surface area contributed by atoms with Crippen molar-refractivity contribution < 1.29 is 14.7 Å². The Morgan fingerprint density at radius 1 is 1.38 bits per heavy atom. The molecule has 1 atom stereocenters. The van der Waals surface area contributed by atoms with Crippen molar-refractivity contribution in [3.63, 3.8) is 0 Å². The van der Waals surface area contributed by atoms with Crippen molar-refractivity contribution in [2.24, 2.45) is 5.41 Å². The largest absolute Gasteiger partial charge is 0.493 e. The second-order valence-electron chi connectivity index (χ2n) is 8.94. The van der Waals surface area contributed by atoms with Crippen molar-refractivity contribution in [1.29, 1.82) is 0 Å². The van der Waals surface area contributed by atoms with Gasteiger partial charge in [-0.1, -0.05) is 20.8 Å². The number of likely N-dealkylation sites (N-methyl/N-ethyl adjacent to an activating group) is 1. The average molecular weight is 401 g/mol. The summed E-state index contributed by atoms with van der Waals surface area (Å²) in [6.45, 7) is 6.41. The Bertz CT molecular complexity index is 922. The number of carbonyl (C=O) groups excluding carboxylic acids is 2. The molecule has 2 aliphatic heterocycles. The SMILES string of the molecule is CN1C(n2ccc(N)n2)C=C2N(CC(C)(C)C)C(=O)C(C(=O)NC3CC3)=C(O)N21. The third-order valence-electron chi connectivity index (χ3n) is 5.05. The molecule has 4 rings (SSSR count). The van der Waals surface area contributed by atoms with E-state index in [1.165, 1.54) is 5.01 Å². The Kier molecular flexibility index (Phi) is 4.34. The number of nitrogens with one attached hydrogen (secondary N) is 1. The summed E-state index contributed by atoms with van der Waals surface area (Å²) in [5.74, 6) is -0.574. The van der Waals surface area contributed by atoms with Gasteiger partial charge in [-0.3, -0.25) is 14.5 Å². The van der Waals surface area contributed by atoms with E-state index in [0.717, 1.165) is 12.8 Å². The number of aliphatic hydroxyl groups is 1. The first-order valence-electron chi connectivity index (χ1n) is 9.68. The van der Waals surface area contributed by atoms with E-state index < -0.39 is 18.0 Å². The molecule has 0 spiro atoms. The number of nitrogens with zero attached hydrogens (tertiary/aromatic N) is 5. The van der Waals surface area contributed by atoms with Gasteiger partial charge in [-0.25, -0.2) is 9.69 Å². The summed E-state index contributed by atoms with van der Waals surface area (Å²) in [7, 11) is 1.75. The topological polar surface area (TPSA) is 120 Å². The van der Waals surface area contributed by atoms with Crippen LogP contribution in [0.15, 0.2) is 35.6 Å². The predicted octanol–water partition coefficient (Wildman–Crippen LogP) is 0.904. The van der Waals surface area contributed by atoms with Gasteiger partial charge < -0.3 is 16.2 Å². The maximum atomic E-state index is 13.3. The van der Waals surface area contributed by atoms with Gasteiger partial charge >= 0.3 is 0 Å². The molecule has 10 heteroatoms. The van der Waals surface area contributed by atoms with Crippen molar-refractivity contribution in [1.82, 2.24) is 30.0 Å². The zero-order valence-electron chi connectivity index (χ0n) is 17.1. The Hall–Kier alpha value is -3.01. The number of aromatic nitrogens is 2. The molecule has 0 aromatic carbocycles. The molecule has 156 valence electrons. The first-order valence-corrected chi connectivity index (χ1v) is 9.68. The van der Waals surface area contributed by atoms with E-state index in [4.69, 9.17) is 5.73 Å². The lowest BCUT2D eigenvalue weighted by Crippen LogP contribution is -2.52. The Balaban J connectivity index is 1.77. The molecule has 1 aliphatic carbocycles. The molecular formula is C19H27N7O3. The molecule has 1 unspecified atom stereocenters. The van der Waals surface area contributed by atoms with Gasteiger partial charge in [0.05, 0.1) is 0 Å². The minimum Gasteiger partial charge on any atom is -0.493 e. The maximum absolute atomic E-state index is 13.3. The van der Waals surface area contributed by atoms with Crippen LogP contribution in [0, 0.1) is 5.41 Å². The first kappa shape index (κ1) is 19.3. The third-order valence-corrected chi connectivity index (χ3v) is 5.05. The molecule has 10 nitrogen and oxygen atoms in total. The van der Waals surface area contributed by atoms with E-state index in [2.05, 4.69) is 10.4 Å². The highest BCUT2D eigenvalue weighted by atomic mass is 16.3. The fourth-order valence-corrected chi connectivity index (χ4v) is 3.55. The fraction of sp³-hybridized carbons (Fsp3) is 0.526. The lowest BCUT2D eigenvalue weighted by Gasteiger charge is -2.41. The Labute approximate surface area is 169 Å². The molecule has 1 saturated carbocycles. The summed E-state index contributed by atoms with van der Waals surface area (Å²) in [5, 5.41) is 21.2. The van der Waals surface area contributed by atoms with E-state index in [-0.39, 0.29) is 22.9 Å². The van der Waals surface area contributed by atoms with E-state index in [0.29, 0.717) is 18.2 Å². The molecule has 0 bridgehead atoms. The van der Waals surface area contributed by atoms with Gasteiger partial charge in [0.15, 0.2) is 5.57 Å². The number of anilines is 1. The van der Waals surface area contributed by atoms with E-state index >= 15 is 0 Å². The van der Waals surface area contributed by atoms with Crippen LogP contribution in [0.5, 0.6) is 0 Å². The predicted molar refractivity (Wildman–Crippen MR) is 105 cm³/mol. The van der Waals surface area contributed by atoms with Gasteiger partial charge in [0, 0.05) is 31.9 Å². The number of nitrogen functional groups attached to an aromatic ring is 1. The number of aliphatic hydroxyl groups excluding tert-OH is 1. The molecule has 1 aromatic heterocycles. The van der Waals surface area contributed by atoms with Gasteiger partial charge in [0.1, 0.15) is 17.8 Å². The van der Waals surface area contributed by atoms with Crippen LogP contribution in [0.1, 0.15) is 39.8 Å². The minimum atomic E-state index is -0.548. The number of hydrazine groups is 1. The smallest absolute Gasteiger partial charge is 0.270 e. The lowest BCUT2D eigenvalue weighted by atomic mass is 9.95. The molecule has 29 heavy (non-hydrogen) atoms. The molecule has 0 saturated heterocycles. The minimum absolute atomic E-state index is 0.0692. The van der Waals surface area contributed by atoms with E-state index in [9.17, 15) is 14.7 Å².